The van der Waals surface area contributed by atoms with E-state index in [1.54, 1.807) is 0 Å². The van der Waals surface area contributed by atoms with Gasteiger partial charge in [-0.1, -0.05) is 19.1 Å². The third-order valence-corrected chi connectivity index (χ3v) is 24.1. The number of hydrogen-bond donors (Lipinski definition) is 1. The average molecular weight is 412 g/mol. The maximum absolute atomic E-state index is 6.77. The fraction of sp³-hybridized carbons (Fsp3) is 1.00. The molecule has 0 radical (unpaired) electrons. The van der Waals surface area contributed by atoms with Gasteiger partial charge in [0.15, 0.2) is 0 Å². The second-order valence-electron chi connectivity index (χ2n) is 8.94. The smallest absolute Gasteiger partial charge is 0.337 e. The van der Waals surface area contributed by atoms with Crippen molar-refractivity contribution < 1.29 is 16.5 Å². The molecule has 2 N–H and O–H groups in total. The topological polar surface area (TPSA) is 62.9 Å². The second kappa shape index (κ2) is 6.89. The normalized spacial score (nSPS) is 35.0. The first kappa shape index (κ1) is 21.9. The van der Waals surface area contributed by atoms with Crippen LogP contribution in [0, 0.1) is 0 Å². The molecule has 1 fully saturated rings. The van der Waals surface area contributed by atoms with Crippen molar-refractivity contribution in [2.45, 2.75) is 83.5 Å². The molecule has 138 valence electrons. The van der Waals surface area contributed by atoms with E-state index in [2.05, 4.69) is 52.4 Å². The molecule has 0 aliphatic carbocycles. The minimum absolute atomic E-state index is 0.503. The third-order valence-electron chi connectivity index (χ3n) is 4.15. The lowest BCUT2D eigenvalue weighted by Crippen LogP contribution is -2.74. The zero-order chi connectivity index (χ0) is 18.3. The van der Waals surface area contributed by atoms with Gasteiger partial charge < -0.3 is 22.2 Å². The van der Waals surface area contributed by atoms with Crippen LogP contribution in [0.3, 0.4) is 0 Å². The molecule has 1 heterocycles. The SMILES string of the molecule is C[SiH](C)CC[Si]1(C)O[Si](C)(C)O[Si](C)(C)O[Si](C)(C(C)(C)N)O1. The summed E-state index contributed by atoms with van der Waals surface area (Å²) in [6, 6.07) is 2.24. The van der Waals surface area contributed by atoms with Crippen LogP contribution in [0.15, 0.2) is 0 Å². The largest absolute Gasteiger partial charge is 0.416 e. The van der Waals surface area contributed by atoms with Gasteiger partial charge in [0.05, 0.1) is 5.16 Å². The van der Waals surface area contributed by atoms with Gasteiger partial charge in [0.25, 0.3) is 0 Å². The summed E-state index contributed by atoms with van der Waals surface area (Å²) in [5.41, 5.74) is 6.50. The Morgan fingerprint density at radius 1 is 0.826 bits per heavy atom. The van der Waals surface area contributed by atoms with Crippen LogP contribution < -0.4 is 5.73 Å². The highest BCUT2D eigenvalue weighted by Gasteiger charge is 2.58. The molecule has 0 bridgehead atoms. The highest BCUT2D eigenvalue weighted by molar-refractivity contribution is 6.94. The maximum atomic E-state index is 6.77. The van der Waals surface area contributed by atoms with Crippen LogP contribution in [0.4, 0.5) is 0 Å². The maximum Gasteiger partial charge on any atom is 0.337 e. The fourth-order valence-electron chi connectivity index (χ4n) is 2.99. The molecule has 0 spiro atoms. The first-order valence-electron chi connectivity index (χ1n) is 8.59. The summed E-state index contributed by atoms with van der Waals surface area (Å²) in [7, 11) is -10.3. The van der Waals surface area contributed by atoms with Crippen LogP contribution in [0.1, 0.15) is 13.8 Å². The Kier molecular flexibility index (Phi) is 6.57. The molecule has 2 atom stereocenters. The Bertz CT molecular complexity index is 429. The number of rotatable bonds is 4. The van der Waals surface area contributed by atoms with Crippen LogP contribution >= 0.6 is 0 Å². The van der Waals surface area contributed by atoms with Gasteiger partial charge in [-0.05, 0) is 59.2 Å². The standard InChI is InChI=1S/C13H37NO4Si5/c1-13(2,14)23(10)17-21(7,8)15-20(5,6)16-22(9,18-23)12-11-19(3)4/h19H,11-12,14H2,1-10H3. The van der Waals surface area contributed by atoms with E-state index in [1.165, 1.54) is 6.04 Å². The zero-order valence-corrected chi connectivity index (χ0v) is 21.9. The summed E-state index contributed by atoms with van der Waals surface area (Å²) in [6.45, 7) is 21.4. The summed E-state index contributed by atoms with van der Waals surface area (Å²) < 4.78 is 26.4. The molecule has 23 heavy (non-hydrogen) atoms. The van der Waals surface area contributed by atoms with Crippen molar-refractivity contribution in [1.82, 2.24) is 0 Å². The molecular weight excluding hydrogens is 375 g/mol. The first-order chi connectivity index (χ1) is 9.99. The molecule has 0 aromatic rings. The molecule has 5 nitrogen and oxygen atoms in total. The zero-order valence-electron chi connectivity index (χ0n) is 16.7. The van der Waals surface area contributed by atoms with Crippen LogP contribution in [0.25, 0.3) is 0 Å². The number of nitrogens with two attached hydrogens (primary N) is 1. The van der Waals surface area contributed by atoms with Gasteiger partial charge in [0.2, 0.25) is 0 Å². The highest BCUT2D eigenvalue weighted by Crippen LogP contribution is 2.36. The van der Waals surface area contributed by atoms with E-state index in [-0.39, 0.29) is 0 Å². The lowest BCUT2D eigenvalue weighted by atomic mass is 10.4. The molecule has 10 heteroatoms. The Hall–Kier alpha value is 0.884. The predicted molar refractivity (Wildman–Crippen MR) is 109 cm³/mol. The van der Waals surface area contributed by atoms with Crippen molar-refractivity contribution in [3.05, 3.63) is 0 Å². The van der Waals surface area contributed by atoms with Crippen LogP contribution in [-0.2, 0) is 16.5 Å². The van der Waals surface area contributed by atoms with Gasteiger partial charge in [-0.25, -0.2) is 0 Å². The molecule has 1 saturated heterocycles. The molecule has 0 aromatic carbocycles. The van der Waals surface area contributed by atoms with Gasteiger partial charge in [0.1, 0.15) is 0 Å². The summed E-state index contributed by atoms with van der Waals surface area (Å²) in [4.78, 5) is 0. The van der Waals surface area contributed by atoms with Crippen LogP contribution in [0.2, 0.25) is 64.5 Å². The molecule has 1 rings (SSSR count). The molecule has 0 saturated carbocycles. The molecule has 1 aliphatic rings. The van der Waals surface area contributed by atoms with Gasteiger partial charge in [-0.2, -0.15) is 0 Å². The fourth-order valence-corrected chi connectivity index (χ4v) is 28.4. The quantitative estimate of drug-likeness (QED) is 0.718. The van der Waals surface area contributed by atoms with Gasteiger partial charge in [-0.15, -0.1) is 0 Å². The highest BCUT2D eigenvalue weighted by atomic mass is 28.5. The van der Waals surface area contributed by atoms with Crippen LogP contribution in [-0.4, -0.2) is 48.2 Å². The molecule has 2 unspecified atom stereocenters. The molecule has 0 amide bonds. The summed E-state index contributed by atoms with van der Waals surface area (Å²) in [5, 5.41) is -0.503. The molecular formula is C13H37NO4Si5. The van der Waals surface area contributed by atoms with E-state index in [4.69, 9.17) is 22.2 Å². The van der Waals surface area contributed by atoms with Crippen LogP contribution in [0.5, 0.6) is 0 Å². The lowest BCUT2D eigenvalue weighted by molar-refractivity contribution is 0.215. The average Bonchev–Trinajstić information content (AvgIpc) is 2.19. The van der Waals surface area contributed by atoms with Gasteiger partial charge >= 0.3 is 34.2 Å². The monoisotopic (exact) mass is 411 g/mol. The minimum atomic E-state index is -2.64. The van der Waals surface area contributed by atoms with Crippen molar-refractivity contribution in [2.24, 2.45) is 5.73 Å². The van der Waals surface area contributed by atoms with E-state index in [1.807, 2.05) is 13.8 Å². The van der Waals surface area contributed by atoms with Crippen molar-refractivity contribution in [1.29, 1.82) is 0 Å². The van der Waals surface area contributed by atoms with E-state index >= 15 is 0 Å². The first-order valence-corrected chi connectivity index (χ1v) is 22.2. The van der Waals surface area contributed by atoms with Crippen molar-refractivity contribution in [2.75, 3.05) is 0 Å². The second-order valence-corrected chi connectivity index (χ2v) is 27.1. The Balaban J connectivity index is 3.22. The lowest BCUT2D eigenvalue weighted by Gasteiger charge is -2.52. The van der Waals surface area contributed by atoms with Gasteiger partial charge in [-0.3, -0.25) is 0 Å². The van der Waals surface area contributed by atoms with E-state index < -0.39 is 48.2 Å². The summed E-state index contributed by atoms with van der Waals surface area (Å²) in [5.74, 6) is 0. The summed E-state index contributed by atoms with van der Waals surface area (Å²) >= 11 is 0. The molecule has 1 aliphatic heterocycles. The third kappa shape index (κ3) is 6.27. The van der Waals surface area contributed by atoms with Crippen molar-refractivity contribution in [3.63, 3.8) is 0 Å². The van der Waals surface area contributed by atoms with E-state index in [0.29, 0.717) is 0 Å². The van der Waals surface area contributed by atoms with Crippen molar-refractivity contribution >= 4 is 43.0 Å². The van der Waals surface area contributed by atoms with Gasteiger partial charge in [0, 0.05) is 8.80 Å². The minimum Gasteiger partial charge on any atom is -0.416 e. The predicted octanol–water partition coefficient (Wildman–Crippen LogP) is 3.38. The Morgan fingerprint density at radius 2 is 1.30 bits per heavy atom. The molecule has 0 aromatic heterocycles. The summed E-state index contributed by atoms with van der Waals surface area (Å²) in [6.07, 6.45) is 0. The van der Waals surface area contributed by atoms with E-state index in [0.717, 1.165) is 6.04 Å². The Morgan fingerprint density at radius 3 is 1.74 bits per heavy atom. The van der Waals surface area contributed by atoms with Crippen molar-refractivity contribution in [3.8, 4) is 0 Å². The number of hydrogen-bond acceptors (Lipinski definition) is 5. The Labute approximate surface area is 148 Å². The van der Waals surface area contributed by atoms with E-state index in [9.17, 15) is 0 Å².